The summed E-state index contributed by atoms with van der Waals surface area (Å²) in [6, 6.07) is 0. The Hall–Kier alpha value is -3.97. The molecule has 14 nitrogen and oxygen atoms in total. The topological polar surface area (TPSA) is 216 Å². The molecule has 0 spiro atoms. The molecule has 0 atom stereocenters. The van der Waals surface area contributed by atoms with Gasteiger partial charge in [0.05, 0.1) is 0 Å². The standard InChI is InChI=1S/C15H15N5O9/c21-6(22)3-19(4-7(23)24)14-18-10-9(11(27)20(14)5-8(25)26)16-12(17-10)15(1-2-15)13(28)29/h1-5H2,(H,16,17)(H,21,22)(H,23,24)(H,25,26)(H,28,29). The van der Waals surface area contributed by atoms with E-state index in [0.29, 0.717) is 9.47 Å². The lowest BCUT2D eigenvalue weighted by Gasteiger charge is -2.22. The van der Waals surface area contributed by atoms with Crippen LogP contribution in [0, 0.1) is 0 Å². The summed E-state index contributed by atoms with van der Waals surface area (Å²) >= 11 is 0. The van der Waals surface area contributed by atoms with Crippen molar-refractivity contribution in [1.82, 2.24) is 19.5 Å². The largest absolute Gasteiger partial charge is 0.480 e. The van der Waals surface area contributed by atoms with Crippen molar-refractivity contribution in [2.75, 3.05) is 18.0 Å². The van der Waals surface area contributed by atoms with Crippen molar-refractivity contribution in [2.24, 2.45) is 0 Å². The molecule has 0 aliphatic heterocycles. The highest BCUT2D eigenvalue weighted by atomic mass is 16.4. The number of aromatic amines is 1. The van der Waals surface area contributed by atoms with Crippen LogP contribution in [0.15, 0.2) is 4.79 Å². The van der Waals surface area contributed by atoms with Crippen LogP contribution in [-0.2, 0) is 31.1 Å². The molecule has 2 aromatic heterocycles. The maximum absolute atomic E-state index is 12.8. The average molecular weight is 409 g/mol. The van der Waals surface area contributed by atoms with Gasteiger partial charge < -0.3 is 30.3 Å². The minimum absolute atomic E-state index is 0.0355. The normalized spacial score (nSPS) is 14.5. The van der Waals surface area contributed by atoms with Crippen molar-refractivity contribution in [3.8, 4) is 0 Å². The molecule has 1 aliphatic rings. The van der Waals surface area contributed by atoms with Gasteiger partial charge in [-0.25, -0.2) is 4.98 Å². The second-order valence-electron chi connectivity index (χ2n) is 6.51. The van der Waals surface area contributed by atoms with E-state index in [0.717, 1.165) is 0 Å². The van der Waals surface area contributed by atoms with Crippen molar-refractivity contribution in [2.45, 2.75) is 24.8 Å². The Balaban J connectivity index is 2.22. The minimum Gasteiger partial charge on any atom is -0.480 e. The van der Waals surface area contributed by atoms with Crippen LogP contribution >= 0.6 is 0 Å². The first kappa shape index (κ1) is 19.8. The number of hydrogen-bond acceptors (Lipinski definition) is 8. The molecule has 3 rings (SSSR count). The van der Waals surface area contributed by atoms with E-state index < -0.39 is 60.4 Å². The SMILES string of the molecule is O=C(O)CN(CC(=O)O)c1nc2nc(C3(C(=O)O)CC3)[nH]c2c(=O)n1CC(=O)O. The third-order valence-corrected chi connectivity index (χ3v) is 4.43. The number of carboxylic acids is 4. The van der Waals surface area contributed by atoms with Crippen LogP contribution in [0.1, 0.15) is 18.7 Å². The zero-order valence-electron chi connectivity index (χ0n) is 14.7. The van der Waals surface area contributed by atoms with Crippen LogP contribution in [0.4, 0.5) is 5.95 Å². The number of anilines is 1. The predicted octanol–water partition coefficient (Wildman–Crippen LogP) is -1.70. The molecule has 0 saturated heterocycles. The van der Waals surface area contributed by atoms with E-state index >= 15 is 0 Å². The highest BCUT2D eigenvalue weighted by molar-refractivity contribution is 5.85. The second-order valence-corrected chi connectivity index (χ2v) is 6.51. The molecule has 1 saturated carbocycles. The van der Waals surface area contributed by atoms with Gasteiger partial charge in [-0.1, -0.05) is 0 Å². The summed E-state index contributed by atoms with van der Waals surface area (Å²) in [4.78, 5) is 69.0. The molecule has 0 unspecified atom stereocenters. The number of imidazole rings is 1. The smallest absolute Gasteiger partial charge is 0.323 e. The molecule has 0 bridgehead atoms. The van der Waals surface area contributed by atoms with Crippen LogP contribution < -0.4 is 10.5 Å². The zero-order chi connectivity index (χ0) is 21.5. The van der Waals surface area contributed by atoms with E-state index in [1.165, 1.54) is 0 Å². The van der Waals surface area contributed by atoms with Gasteiger partial charge >= 0.3 is 23.9 Å². The Morgan fingerprint density at radius 3 is 2.03 bits per heavy atom. The number of nitrogens with zero attached hydrogens (tertiary/aromatic N) is 4. The molecular weight excluding hydrogens is 394 g/mol. The van der Waals surface area contributed by atoms with Crippen molar-refractivity contribution in [1.29, 1.82) is 0 Å². The van der Waals surface area contributed by atoms with E-state index in [1.54, 1.807) is 0 Å². The van der Waals surface area contributed by atoms with Gasteiger partial charge in [0.2, 0.25) is 5.95 Å². The number of carboxylic acid groups (broad SMARTS) is 4. The third-order valence-electron chi connectivity index (χ3n) is 4.43. The van der Waals surface area contributed by atoms with Crippen molar-refractivity contribution < 1.29 is 39.6 Å². The van der Waals surface area contributed by atoms with Crippen LogP contribution in [-0.4, -0.2) is 76.9 Å². The van der Waals surface area contributed by atoms with Gasteiger partial charge in [0.1, 0.15) is 30.9 Å². The average Bonchev–Trinajstić information content (AvgIpc) is 3.30. The van der Waals surface area contributed by atoms with Gasteiger partial charge in [-0.15, -0.1) is 0 Å². The van der Waals surface area contributed by atoms with Crippen LogP contribution in [0.3, 0.4) is 0 Å². The zero-order valence-corrected chi connectivity index (χ0v) is 14.7. The summed E-state index contributed by atoms with van der Waals surface area (Å²) in [5.41, 5.74) is -2.78. The van der Waals surface area contributed by atoms with E-state index in [2.05, 4.69) is 15.0 Å². The predicted molar refractivity (Wildman–Crippen MR) is 91.8 cm³/mol. The quantitative estimate of drug-likeness (QED) is 0.313. The first-order valence-electron chi connectivity index (χ1n) is 8.20. The van der Waals surface area contributed by atoms with Gasteiger partial charge in [-0.2, -0.15) is 4.98 Å². The first-order chi connectivity index (χ1) is 13.5. The molecule has 14 heteroatoms. The number of fused-ring (bicyclic) bond motifs is 1. The molecule has 0 radical (unpaired) electrons. The molecule has 1 fully saturated rings. The number of hydrogen-bond donors (Lipinski definition) is 5. The van der Waals surface area contributed by atoms with Gasteiger partial charge in [0, 0.05) is 0 Å². The summed E-state index contributed by atoms with van der Waals surface area (Å²) in [6.07, 6.45) is 0.560. The number of aromatic nitrogens is 4. The maximum Gasteiger partial charge on any atom is 0.323 e. The summed E-state index contributed by atoms with van der Waals surface area (Å²) in [7, 11) is 0. The number of rotatable bonds is 9. The summed E-state index contributed by atoms with van der Waals surface area (Å²) in [5.74, 6) is -6.04. The Bertz CT molecular complexity index is 1080. The van der Waals surface area contributed by atoms with Crippen LogP contribution in [0.25, 0.3) is 11.2 Å². The van der Waals surface area contributed by atoms with Crippen molar-refractivity contribution in [3.05, 3.63) is 16.2 Å². The van der Waals surface area contributed by atoms with Crippen molar-refractivity contribution in [3.63, 3.8) is 0 Å². The molecule has 154 valence electrons. The van der Waals surface area contributed by atoms with Gasteiger partial charge in [-0.05, 0) is 12.8 Å². The molecule has 2 heterocycles. The van der Waals surface area contributed by atoms with Crippen LogP contribution in [0.2, 0.25) is 0 Å². The molecule has 29 heavy (non-hydrogen) atoms. The Labute approximate surface area is 160 Å². The Morgan fingerprint density at radius 2 is 1.59 bits per heavy atom. The Morgan fingerprint density at radius 1 is 1.00 bits per heavy atom. The lowest BCUT2D eigenvalue weighted by atomic mass is 10.1. The lowest BCUT2D eigenvalue weighted by molar-refractivity contribution is -0.140. The van der Waals surface area contributed by atoms with Gasteiger partial charge in [0.15, 0.2) is 11.2 Å². The molecule has 1 aliphatic carbocycles. The number of carbonyl (C=O) groups is 4. The summed E-state index contributed by atoms with van der Waals surface area (Å²) < 4.78 is 0.596. The highest BCUT2D eigenvalue weighted by Gasteiger charge is 2.54. The molecule has 2 aromatic rings. The van der Waals surface area contributed by atoms with Crippen molar-refractivity contribution >= 4 is 41.0 Å². The van der Waals surface area contributed by atoms with Crippen LogP contribution in [0.5, 0.6) is 0 Å². The van der Waals surface area contributed by atoms with E-state index in [4.69, 9.17) is 15.3 Å². The minimum atomic E-state index is -1.45. The fraction of sp³-hybridized carbons (Fsp3) is 0.400. The fourth-order valence-electron chi connectivity index (χ4n) is 2.92. The second kappa shape index (κ2) is 6.88. The monoisotopic (exact) mass is 409 g/mol. The first-order valence-corrected chi connectivity index (χ1v) is 8.20. The molecule has 0 aromatic carbocycles. The fourth-order valence-corrected chi connectivity index (χ4v) is 2.92. The third kappa shape index (κ3) is 3.59. The molecule has 5 N–H and O–H groups in total. The van der Waals surface area contributed by atoms with E-state index in [1.807, 2.05) is 0 Å². The maximum atomic E-state index is 12.8. The summed E-state index contributed by atoms with van der Waals surface area (Å²) in [5, 5.41) is 36.6. The van der Waals surface area contributed by atoms with E-state index in [-0.39, 0.29) is 29.8 Å². The summed E-state index contributed by atoms with van der Waals surface area (Å²) in [6.45, 7) is -2.67. The van der Waals surface area contributed by atoms with Gasteiger partial charge in [0.25, 0.3) is 5.56 Å². The number of nitrogens with one attached hydrogen (secondary N) is 1. The highest BCUT2D eigenvalue weighted by Crippen LogP contribution is 2.47. The number of H-pyrrole nitrogens is 1. The van der Waals surface area contributed by atoms with E-state index in [9.17, 15) is 29.1 Å². The Kier molecular flexibility index (Phi) is 4.70. The molecular formula is C15H15N5O9. The lowest BCUT2D eigenvalue weighted by Crippen LogP contribution is -2.40. The number of aliphatic carboxylic acids is 4. The molecule has 0 amide bonds. The van der Waals surface area contributed by atoms with Gasteiger partial charge in [-0.3, -0.25) is 28.5 Å².